The van der Waals surface area contributed by atoms with E-state index in [1.165, 1.54) is 25.9 Å². The number of anilines is 1. The van der Waals surface area contributed by atoms with Crippen molar-refractivity contribution in [2.75, 3.05) is 31.9 Å². The van der Waals surface area contributed by atoms with Crippen LogP contribution in [0.5, 0.6) is 5.75 Å². The van der Waals surface area contributed by atoms with Crippen LogP contribution in [-0.2, 0) is 6.61 Å². The number of ether oxygens (including phenoxy) is 1. The predicted octanol–water partition coefficient (Wildman–Crippen LogP) is 5.81. The summed E-state index contributed by atoms with van der Waals surface area (Å²) in [4.78, 5) is 26.7. The minimum absolute atomic E-state index is 0.102. The Morgan fingerprint density at radius 3 is 2.46 bits per heavy atom. The molecule has 0 aliphatic carbocycles. The zero-order valence-electron chi connectivity index (χ0n) is 21.9. The molecule has 8 heteroatoms. The number of amides is 1. The number of hydrogen-bond acceptors (Lipinski definition) is 6. The topological polar surface area (TPSA) is 84.6 Å². The number of nitrogens with zero attached hydrogens (tertiary/aromatic N) is 4. The van der Waals surface area contributed by atoms with Crippen LogP contribution in [0, 0.1) is 0 Å². The average Bonchev–Trinajstić information content (AvgIpc) is 3.52. The lowest BCUT2D eigenvalue weighted by molar-refractivity contribution is 0.0644. The molecule has 2 saturated heterocycles. The lowest BCUT2D eigenvalue weighted by Crippen LogP contribution is -2.45. The molecule has 2 aliphatic heterocycles. The Morgan fingerprint density at radius 1 is 0.949 bits per heavy atom. The minimum atomic E-state index is 0.102. The van der Waals surface area contributed by atoms with Crippen LogP contribution in [0.25, 0.3) is 22.0 Å². The van der Waals surface area contributed by atoms with Gasteiger partial charge in [-0.05, 0) is 80.7 Å². The van der Waals surface area contributed by atoms with Crippen LogP contribution in [0.1, 0.15) is 41.7 Å². The van der Waals surface area contributed by atoms with Gasteiger partial charge in [-0.15, -0.1) is 0 Å². The molecule has 1 amide bonds. The summed E-state index contributed by atoms with van der Waals surface area (Å²) in [5.41, 5.74) is 10.2. The highest BCUT2D eigenvalue weighted by Gasteiger charge is 2.28. The van der Waals surface area contributed by atoms with Gasteiger partial charge in [0.2, 0.25) is 0 Å². The molecule has 0 bridgehead atoms. The first kappa shape index (κ1) is 25.6. The summed E-state index contributed by atoms with van der Waals surface area (Å²) in [6, 6.07) is 19.7. The fourth-order valence-corrected chi connectivity index (χ4v) is 5.79. The first-order valence-corrected chi connectivity index (χ1v) is 14.0. The van der Waals surface area contributed by atoms with Crippen molar-refractivity contribution in [3.63, 3.8) is 0 Å². The Hall–Kier alpha value is -3.68. The Bertz CT molecular complexity index is 1480. The van der Waals surface area contributed by atoms with Gasteiger partial charge in [-0.2, -0.15) is 0 Å². The molecule has 2 aromatic heterocycles. The third-order valence-electron chi connectivity index (χ3n) is 7.84. The summed E-state index contributed by atoms with van der Waals surface area (Å²) < 4.78 is 6.00. The van der Waals surface area contributed by atoms with Crippen molar-refractivity contribution in [2.24, 2.45) is 0 Å². The number of fused-ring (bicyclic) bond motifs is 1. The van der Waals surface area contributed by atoms with Crippen LogP contribution >= 0.6 is 11.6 Å². The largest absolute Gasteiger partial charge is 0.483 e. The molecule has 2 N–H and O–H groups in total. The highest BCUT2D eigenvalue weighted by Crippen LogP contribution is 2.29. The van der Waals surface area contributed by atoms with Crippen LogP contribution in [-0.4, -0.2) is 57.9 Å². The maximum absolute atomic E-state index is 13.1. The van der Waals surface area contributed by atoms with Crippen molar-refractivity contribution >= 4 is 34.2 Å². The number of hydrogen-bond donors (Lipinski definition) is 1. The summed E-state index contributed by atoms with van der Waals surface area (Å²) >= 11 is 6.12. The SMILES string of the molecule is Nc1ncc(-c2ccc(C(=O)N3CCC(N4CCCC4)CC3)cc2)cc1OCc1ccc2ccc(Cl)cc2n1. The van der Waals surface area contributed by atoms with Crippen molar-refractivity contribution < 1.29 is 9.53 Å². The van der Waals surface area contributed by atoms with E-state index >= 15 is 0 Å². The molecule has 2 aliphatic rings. The molecule has 2 aromatic carbocycles. The molecule has 39 heavy (non-hydrogen) atoms. The third-order valence-corrected chi connectivity index (χ3v) is 8.08. The second kappa shape index (κ2) is 11.2. The molecule has 4 aromatic rings. The second-order valence-corrected chi connectivity index (χ2v) is 10.8. The summed E-state index contributed by atoms with van der Waals surface area (Å²) in [7, 11) is 0. The van der Waals surface area contributed by atoms with Gasteiger partial charge in [0.15, 0.2) is 11.6 Å². The maximum Gasteiger partial charge on any atom is 0.253 e. The van der Waals surface area contributed by atoms with E-state index in [9.17, 15) is 4.79 Å². The number of nitrogen functional groups attached to an aromatic ring is 1. The summed E-state index contributed by atoms with van der Waals surface area (Å²) in [5, 5.41) is 1.66. The number of carbonyl (C=O) groups excluding carboxylic acids is 1. The Balaban J connectivity index is 1.10. The van der Waals surface area contributed by atoms with Gasteiger partial charge in [0, 0.05) is 46.9 Å². The summed E-state index contributed by atoms with van der Waals surface area (Å²) in [6.07, 6.45) is 6.46. The number of pyridine rings is 2. The standard InChI is InChI=1S/C31H32ClN5O2/c32-25-9-7-22-8-10-26(35-28(22)18-25)20-39-29-17-24(19-34-30(29)33)21-3-5-23(6-4-21)31(38)37-15-11-27(12-16-37)36-13-1-2-14-36/h3-10,17-19,27H,1-2,11-16,20H2,(H2,33,34). The number of likely N-dealkylation sites (tertiary alicyclic amines) is 2. The molecule has 2 fully saturated rings. The van der Waals surface area contributed by atoms with E-state index in [-0.39, 0.29) is 12.5 Å². The normalized spacial score (nSPS) is 16.6. The highest BCUT2D eigenvalue weighted by atomic mass is 35.5. The Labute approximate surface area is 233 Å². The molecule has 0 atom stereocenters. The molecule has 4 heterocycles. The van der Waals surface area contributed by atoms with Gasteiger partial charge >= 0.3 is 0 Å². The number of piperidine rings is 1. The lowest BCUT2D eigenvalue weighted by atomic mass is 10.0. The predicted molar refractivity (Wildman–Crippen MR) is 155 cm³/mol. The summed E-state index contributed by atoms with van der Waals surface area (Å²) in [5.74, 6) is 0.901. The number of halogens is 1. The van der Waals surface area contributed by atoms with Crippen LogP contribution in [0.2, 0.25) is 5.02 Å². The van der Waals surface area contributed by atoms with Crippen molar-refractivity contribution in [2.45, 2.75) is 38.3 Å². The number of carbonyl (C=O) groups is 1. The first-order valence-electron chi connectivity index (χ1n) is 13.6. The zero-order valence-corrected chi connectivity index (χ0v) is 22.6. The fraction of sp³-hybridized carbons (Fsp3) is 0.323. The third kappa shape index (κ3) is 5.70. The fourth-order valence-electron chi connectivity index (χ4n) is 5.62. The smallest absolute Gasteiger partial charge is 0.253 e. The average molecular weight is 542 g/mol. The number of nitrogens with two attached hydrogens (primary N) is 1. The molecule has 200 valence electrons. The van der Waals surface area contributed by atoms with Crippen LogP contribution < -0.4 is 10.5 Å². The molecule has 0 unspecified atom stereocenters. The molecule has 7 nitrogen and oxygen atoms in total. The second-order valence-electron chi connectivity index (χ2n) is 10.4. The number of benzene rings is 2. The van der Waals surface area contributed by atoms with Gasteiger partial charge in [-0.1, -0.05) is 35.9 Å². The van der Waals surface area contributed by atoms with Crippen LogP contribution in [0.15, 0.2) is 66.9 Å². The zero-order chi connectivity index (χ0) is 26.8. The van der Waals surface area contributed by atoms with Gasteiger partial charge in [-0.3, -0.25) is 4.79 Å². The minimum Gasteiger partial charge on any atom is -0.483 e. The van der Waals surface area contributed by atoms with E-state index in [1.54, 1.807) is 6.20 Å². The molecule has 6 rings (SSSR count). The van der Waals surface area contributed by atoms with Crippen LogP contribution in [0.4, 0.5) is 5.82 Å². The highest BCUT2D eigenvalue weighted by molar-refractivity contribution is 6.31. The molecule has 0 saturated carbocycles. The Kier molecular flexibility index (Phi) is 7.35. The van der Waals surface area contributed by atoms with Gasteiger partial charge < -0.3 is 20.3 Å². The molecule has 0 spiro atoms. The van der Waals surface area contributed by atoms with Crippen molar-refractivity contribution in [3.8, 4) is 16.9 Å². The van der Waals surface area contributed by atoms with E-state index in [0.717, 1.165) is 53.7 Å². The van der Waals surface area contributed by atoms with Gasteiger partial charge in [-0.25, -0.2) is 9.97 Å². The van der Waals surface area contributed by atoms with E-state index in [4.69, 9.17) is 22.1 Å². The van der Waals surface area contributed by atoms with E-state index in [2.05, 4.69) is 14.9 Å². The van der Waals surface area contributed by atoms with Gasteiger partial charge in [0.25, 0.3) is 5.91 Å². The lowest BCUT2D eigenvalue weighted by Gasteiger charge is -2.36. The maximum atomic E-state index is 13.1. The molecular formula is C31H32ClN5O2. The number of aromatic nitrogens is 2. The van der Waals surface area contributed by atoms with Gasteiger partial charge in [0.1, 0.15) is 6.61 Å². The molecular weight excluding hydrogens is 510 g/mol. The number of rotatable bonds is 6. The Morgan fingerprint density at radius 2 is 1.69 bits per heavy atom. The van der Waals surface area contributed by atoms with E-state index < -0.39 is 0 Å². The van der Waals surface area contributed by atoms with Gasteiger partial charge in [0.05, 0.1) is 11.2 Å². The van der Waals surface area contributed by atoms with Crippen molar-refractivity contribution in [1.29, 1.82) is 0 Å². The quantitative estimate of drug-likeness (QED) is 0.331. The first-order chi connectivity index (χ1) is 19.0. The monoisotopic (exact) mass is 541 g/mol. The van der Waals surface area contributed by atoms with Crippen molar-refractivity contribution in [3.05, 3.63) is 83.1 Å². The summed E-state index contributed by atoms with van der Waals surface area (Å²) in [6.45, 7) is 4.32. The van der Waals surface area contributed by atoms with Crippen LogP contribution in [0.3, 0.4) is 0 Å². The molecule has 0 radical (unpaired) electrons. The van der Waals surface area contributed by atoms with Crippen molar-refractivity contribution in [1.82, 2.24) is 19.8 Å². The van der Waals surface area contributed by atoms with E-state index in [0.29, 0.717) is 28.2 Å². The van der Waals surface area contributed by atoms with E-state index in [1.807, 2.05) is 65.6 Å².